The van der Waals surface area contributed by atoms with Crippen molar-refractivity contribution in [2.24, 2.45) is 0 Å². The maximum Gasteiger partial charge on any atom is 0.323 e. The van der Waals surface area contributed by atoms with Gasteiger partial charge in [-0.1, -0.05) is 18.2 Å². The van der Waals surface area contributed by atoms with E-state index in [1.54, 1.807) is 28.8 Å². The van der Waals surface area contributed by atoms with Crippen molar-refractivity contribution < 1.29 is 4.79 Å². The Morgan fingerprint density at radius 3 is 2.86 bits per heavy atom. The first-order valence-corrected chi connectivity index (χ1v) is 9.33. The van der Waals surface area contributed by atoms with Crippen molar-refractivity contribution >= 4 is 11.8 Å². The zero-order valence-corrected chi connectivity index (χ0v) is 15.6. The first kappa shape index (κ1) is 18.0. The molecule has 2 amide bonds. The Morgan fingerprint density at radius 2 is 2.07 bits per heavy atom. The Balaban J connectivity index is 1.49. The number of urea groups is 1. The predicted octanol–water partition coefficient (Wildman–Crippen LogP) is 2.68. The Kier molecular flexibility index (Phi) is 4.92. The van der Waals surface area contributed by atoms with Crippen LogP contribution < -0.4 is 10.9 Å². The van der Waals surface area contributed by atoms with Crippen molar-refractivity contribution in [2.45, 2.75) is 25.7 Å². The summed E-state index contributed by atoms with van der Waals surface area (Å²) in [5.41, 5.74) is 1.46. The summed E-state index contributed by atoms with van der Waals surface area (Å²) >= 11 is 0. The number of nitrogens with one attached hydrogen (secondary N) is 2. The summed E-state index contributed by atoms with van der Waals surface area (Å²) in [4.78, 5) is 33.5. The SMILES string of the molecule is Cc1nc([C@@H]2CCCN(C(=O)Nc3ccnn3-c3ccccc3)C2)cc(=O)[nH]1. The van der Waals surface area contributed by atoms with Crippen LogP contribution in [0.5, 0.6) is 0 Å². The molecule has 0 aliphatic carbocycles. The number of rotatable bonds is 3. The van der Waals surface area contributed by atoms with Crippen molar-refractivity contribution in [3.05, 3.63) is 70.5 Å². The van der Waals surface area contributed by atoms with Crippen molar-refractivity contribution in [3.63, 3.8) is 0 Å². The Morgan fingerprint density at radius 1 is 1.25 bits per heavy atom. The van der Waals surface area contributed by atoms with E-state index in [-0.39, 0.29) is 17.5 Å². The van der Waals surface area contributed by atoms with E-state index in [1.165, 1.54) is 6.07 Å². The minimum absolute atomic E-state index is 0.0551. The fraction of sp³-hybridized carbons (Fsp3) is 0.300. The quantitative estimate of drug-likeness (QED) is 0.732. The van der Waals surface area contributed by atoms with Crippen LogP contribution in [0.2, 0.25) is 0 Å². The number of hydrogen-bond acceptors (Lipinski definition) is 4. The fourth-order valence-electron chi connectivity index (χ4n) is 3.58. The topological polar surface area (TPSA) is 95.9 Å². The van der Waals surface area contributed by atoms with Gasteiger partial charge in [0.15, 0.2) is 0 Å². The highest BCUT2D eigenvalue weighted by atomic mass is 16.2. The van der Waals surface area contributed by atoms with Gasteiger partial charge in [-0.3, -0.25) is 10.1 Å². The van der Waals surface area contributed by atoms with Gasteiger partial charge in [0.05, 0.1) is 17.6 Å². The third kappa shape index (κ3) is 3.80. The van der Waals surface area contributed by atoms with E-state index in [4.69, 9.17) is 0 Å². The molecule has 1 aliphatic rings. The molecule has 0 spiro atoms. The van der Waals surface area contributed by atoms with Crippen LogP contribution in [0.15, 0.2) is 53.5 Å². The third-order valence-electron chi connectivity index (χ3n) is 4.89. The lowest BCUT2D eigenvalue weighted by atomic mass is 9.94. The van der Waals surface area contributed by atoms with E-state index in [0.717, 1.165) is 24.2 Å². The number of carbonyl (C=O) groups excluding carboxylic acids is 1. The smallest absolute Gasteiger partial charge is 0.323 e. The van der Waals surface area contributed by atoms with Gasteiger partial charge in [-0.15, -0.1) is 0 Å². The van der Waals surface area contributed by atoms with E-state index in [9.17, 15) is 9.59 Å². The molecule has 2 N–H and O–H groups in total. The molecule has 1 atom stereocenters. The molecule has 0 unspecified atom stereocenters. The molecule has 3 aromatic rings. The minimum atomic E-state index is -0.177. The number of nitrogens with zero attached hydrogens (tertiary/aromatic N) is 4. The maximum absolute atomic E-state index is 12.8. The number of carbonyl (C=O) groups is 1. The average molecular weight is 378 g/mol. The number of H-pyrrole nitrogens is 1. The number of piperidine rings is 1. The Bertz CT molecular complexity index is 1030. The number of amides is 2. The van der Waals surface area contributed by atoms with Gasteiger partial charge < -0.3 is 9.88 Å². The Labute approximate surface area is 162 Å². The van der Waals surface area contributed by atoms with E-state index in [2.05, 4.69) is 20.4 Å². The maximum atomic E-state index is 12.8. The second kappa shape index (κ2) is 7.67. The van der Waals surface area contributed by atoms with Gasteiger partial charge in [-0.25, -0.2) is 14.5 Å². The summed E-state index contributed by atoms with van der Waals surface area (Å²) in [6.45, 7) is 2.97. The second-order valence-corrected chi connectivity index (χ2v) is 6.93. The minimum Gasteiger partial charge on any atom is -0.324 e. The Hall–Kier alpha value is -3.42. The number of benzene rings is 1. The van der Waals surface area contributed by atoms with Crippen LogP contribution in [0.4, 0.5) is 10.6 Å². The third-order valence-corrected chi connectivity index (χ3v) is 4.89. The molecule has 28 heavy (non-hydrogen) atoms. The normalized spacial score (nSPS) is 16.8. The molecule has 0 saturated carbocycles. The van der Waals surface area contributed by atoms with Gasteiger partial charge in [0.2, 0.25) is 0 Å². The van der Waals surface area contributed by atoms with Crippen LogP contribution in [0.25, 0.3) is 5.69 Å². The average Bonchev–Trinajstić information content (AvgIpc) is 3.16. The molecule has 1 fully saturated rings. The number of aromatic nitrogens is 4. The second-order valence-electron chi connectivity index (χ2n) is 6.93. The number of likely N-dealkylation sites (tertiary alicyclic amines) is 1. The van der Waals surface area contributed by atoms with E-state index >= 15 is 0 Å². The molecule has 1 saturated heterocycles. The van der Waals surface area contributed by atoms with Crippen LogP contribution in [0.3, 0.4) is 0 Å². The molecule has 0 bridgehead atoms. The highest BCUT2D eigenvalue weighted by molar-refractivity contribution is 5.88. The lowest BCUT2D eigenvalue weighted by molar-refractivity contribution is 0.192. The van der Waals surface area contributed by atoms with Gasteiger partial charge >= 0.3 is 6.03 Å². The monoisotopic (exact) mass is 378 g/mol. The van der Waals surface area contributed by atoms with E-state index in [1.807, 2.05) is 30.3 Å². The van der Waals surface area contributed by atoms with Gasteiger partial charge in [-0.2, -0.15) is 5.10 Å². The zero-order valence-electron chi connectivity index (χ0n) is 15.6. The van der Waals surface area contributed by atoms with Gasteiger partial charge in [-0.05, 0) is 31.9 Å². The van der Waals surface area contributed by atoms with Crippen molar-refractivity contribution in [2.75, 3.05) is 18.4 Å². The first-order valence-electron chi connectivity index (χ1n) is 9.33. The molecule has 0 radical (unpaired) electrons. The predicted molar refractivity (Wildman–Crippen MR) is 106 cm³/mol. The largest absolute Gasteiger partial charge is 0.324 e. The molecule has 8 heteroatoms. The molecule has 1 aromatic carbocycles. The zero-order chi connectivity index (χ0) is 19.5. The van der Waals surface area contributed by atoms with Crippen LogP contribution >= 0.6 is 0 Å². The molecule has 4 rings (SSSR count). The summed E-state index contributed by atoms with van der Waals surface area (Å²) in [5, 5.41) is 7.25. The molecular formula is C20H22N6O2. The molecule has 2 aromatic heterocycles. The summed E-state index contributed by atoms with van der Waals surface area (Å²) in [5.74, 6) is 1.26. The van der Waals surface area contributed by atoms with E-state index in [0.29, 0.717) is 24.7 Å². The standard InChI is InChI=1S/C20H22N6O2/c1-14-22-17(12-19(27)23-14)15-6-5-11-25(13-15)20(28)24-18-9-10-21-26(18)16-7-3-2-4-8-16/h2-4,7-10,12,15H,5-6,11,13H2,1H3,(H,24,28)(H,22,23,27)/t15-/m1/s1. The van der Waals surface area contributed by atoms with Gasteiger partial charge in [0.1, 0.15) is 11.6 Å². The fourth-order valence-corrected chi connectivity index (χ4v) is 3.58. The van der Waals surface area contributed by atoms with E-state index < -0.39 is 0 Å². The van der Waals surface area contributed by atoms with Crippen molar-refractivity contribution in [1.82, 2.24) is 24.6 Å². The van der Waals surface area contributed by atoms with Crippen LogP contribution in [0.1, 0.15) is 30.3 Å². The lowest BCUT2D eigenvalue weighted by Gasteiger charge is -2.32. The molecule has 8 nitrogen and oxygen atoms in total. The molecule has 1 aliphatic heterocycles. The number of aryl methyl sites for hydroxylation is 1. The molecular weight excluding hydrogens is 356 g/mol. The van der Waals surface area contributed by atoms with Crippen molar-refractivity contribution in [1.29, 1.82) is 0 Å². The van der Waals surface area contributed by atoms with Gasteiger partial charge in [0, 0.05) is 31.1 Å². The highest BCUT2D eigenvalue weighted by Crippen LogP contribution is 2.25. The van der Waals surface area contributed by atoms with Crippen LogP contribution in [-0.4, -0.2) is 43.8 Å². The summed E-state index contributed by atoms with van der Waals surface area (Å²) < 4.78 is 1.70. The highest BCUT2D eigenvalue weighted by Gasteiger charge is 2.26. The molecule has 144 valence electrons. The van der Waals surface area contributed by atoms with Gasteiger partial charge in [0.25, 0.3) is 5.56 Å². The summed E-state index contributed by atoms with van der Waals surface area (Å²) in [6, 6.07) is 12.8. The lowest BCUT2D eigenvalue weighted by Crippen LogP contribution is -2.42. The molecule has 3 heterocycles. The van der Waals surface area contributed by atoms with Crippen molar-refractivity contribution in [3.8, 4) is 5.69 Å². The first-order chi connectivity index (χ1) is 13.6. The number of aromatic amines is 1. The number of anilines is 1. The van der Waals surface area contributed by atoms with Crippen LogP contribution in [-0.2, 0) is 0 Å². The van der Waals surface area contributed by atoms with Crippen LogP contribution in [0, 0.1) is 6.92 Å². The summed E-state index contributed by atoms with van der Waals surface area (Å²) in [6.07, 6.45) is 3.43. The number of para-hydroxylation sites is 1. The summed E-state index contributed by atoms with van der Waals surface area (Å²) in [7, 11) is 0. The number of hydrogen-bond donors (Lipinski definition) is 2.